The maximum atomic E-state index is 4.40. The van der Waals surface area contributed by atoms with Crippen molar-refractivity contribution < 1.29 is 0 Å². The lowest BCUT2D eigenvalue weighted by atomic mass is 10.2. The third-order valence-corrected chi connectivity index (χ3v) is 3.91. The molecule has 0 aromatic carbocycles. The molecule has 17 heavy (non-hydrogen) atoms. The van der Waals surface area contributed by atoms with E-state index in [-0.39, 0.29) is 12.4 Å². The van der Waals surface area contributed by atoms with Gasteiger partial charge in [0, 0.05) is 57.4 Å². The number of nitrogens with zero attached hydrogens (tertiary/aromatic N) is 3. The fraction of sp³-hybridized carbons (Fsp3) is 0.727. The standard InChI is InChI=1S/C11H20N4S.ClH/c1-9-7-15(5-4-12-9)8-10-6-13-11(16-10)14(2)3;/h6,9,12H,4-5,7-8H2,1-3H3;1H/t9-;/m1./s1. The Morgan fingerprint density at radius 1 is 1.59 bits per heavy atom. The Bertz CT molecular complexity index is 342. The van der Waals surface area contributed by atoms with Gasteiger partial charge in [0.25, 0.3) is 0 Å². The van der Waals surface area contributed by atoms with E-state index in [0.717, 1.165) is 31.3 Å². The fourth-order valence-corrected chi connectivity index (χ4v) is 2.83. The van der Waals surface area contributed by atoms with Crippen LogP contribution in [0.15, 0.2) is 6.20 Å². The van der Waals surface area contributed by atoms with Gasteiger partial charge in [0.2, 0.25) is 0 Å². The zero-order valence-electron chi connectivity index (χ0n) is 10.6. The van der Waals surface area contributed by atoms with E-state index in [1.165, 1.54) is 4.88 Å². The quantitative estimate of drug-likeness (QED) is 0.905. The molecule has 0 amide bonds. The van der Waals surface area contributed by atoms with Crippen molar-refractivity contribution in [2.75, 3.05) is 38.6 Å². The molecule has 1 aromatic rings. The molecule has 0 spiro atoms. The summed E-state index contributed by atoms with van der Waals surface area (Å²) in [6, 6.07) is 0.606. The smallest absolute Gasteiger partial charge is 0.185 e. The summed E-state index contributed by atoms with van der Waals surface area (Å²) in [6.07, 6.45) is 2.01. The first-order valence-corrected chi connectivity index (χ1v) is 6.54. The van der Waals surface area contributed by atoms with Crippen LogP contribution in [0.1, 0.15) is 11.8 Å². The van der Waals surface area contributed by atoms with Crippen LogP contribution in [0.5, 0.6) is 0 Å². The number of halogens is 1. The highest BCUT2D eigenvalue weighted by Gasteiger charge is 2.16. The zero-order chi connectivity index (χ0) is 11.5. The molecule has 1 aliphatic heterocycles. The number of piperazine rings is 1. The third kappa shape index (κ3) is 4.10. The summed E-state index contributed by atoms with van der Waals surface area (Å²) in [6.45, 7) is 6.65. The van der Waals surface area contributed by atoms with Crippen LogP contribution in [-0.4, -0.2) is 49.7 Å². The van der Waals surface area contributed by atoms with Crippen LogP contribution in [0.3, 0.4) is 0 Å². The van der Waals surface area contributed by atoms with Gasteiger partial charge in [-0.3, -0.25) is 4.90 Å². The Labute approximate surface area is 113 Å². The molecule has 6 heteroatoms. The maximum absolute atomic E-state index is 4.40. The fourth-order valence-electron chi connectivity index (χ4n) is 1.95. The van der Waals surface area contributed by atoms with Crippen molar-refractivity contribution in [3.63, 3.8) is 0 Å². The minimum Gasteiger partial charge on any atom is -0.354 e. The van der Waals surface area contributed by atoms with Crippen molar-refractivity contribution in [1.29, 1.82) is 0 Å². The number of hydrogen-bond donors (Lipinski definition) is 1. The zero-order valence-corrected chi connectivity index (χ0v) is 12.3. The lowest BCUT2D eigenvalue weighted by Crippen LogP contribution is -2.48. The van der Waals surface area contributed by atoms with Gasteiger partial charge in [-0.2, -0.15) is 0 Å². The monoisotopic (exact) mass is 276 g/mol. The number of rotatable bonds is 3. The minimum absolute atomic E-state index is 0. The van der Waals surface area contributed by atoms with Crippen LogP contribution >= 0.6 is 23.7 Å². The van der Waals surface area contributed by atoms with Gasteiger partial charge in [0.1, 0.15) is 0 Å². The predicted octanol–water partition coefficient (Wildman–Crippen LogP) is 1.42. The van der Waals surface area contributed by atoms with E-state index in [1.807, 2.05) is 20.3 Å². The van der Waals surface area contributed by atoms with Gasteiger partial charge in [-0.05, 0) is 6.92 Å². The molecule has 1 aliphatic rings. The van der Waals surface area contributed by atoms with Crippen LogP contribution in [0, 0.1) is 0 Å². The van der Waals surface area contributed by atoms with Gasteiger partial charge in [-0.15, -0.1) is 23.7 Å². The molecule has 1 saturated heterocycles. The van der Waals surface area contributed by atoms with Gasteiger partial charge in [-0.1, -0.05) is 0 Å². The second-order valence-electron chi connectivity index (χ2n) is 4.59. The summed E-state index contributed by atoms with van der Waals surface area (Å²) in [5.74, 6) is 0. The van der Waals surface area contributed by atoms with Gasteiger partial charge in [0.15, 0.2) is 5.13 Å². The lowest BCUT2D eigenvalue weighted by molar-refractivity contribution is 0.201. The molecule has 0 saturated carbocycles. The predicted molar refractivity (Wildman–Crippen MR) is 76.4 cm³/mol. The number of anilines is 1. The van der Waals surface area contributed by atoms with Crippen LogP contribution in [0.25, 0.3) is 0 Å². The maximum Gasteiger partial charge on any atom is 0.185 e. The highest BCUT2D eigenvalue weighted by atomic mass is 35.5. The topological polar surface area (TPSA) is 31.4 Å². The van der Waals surface area contributed by atoms with E-state index in [0.29, 0.717) is 6.04 Å². The number of nitrogens with one attached hydrogen (secondary N) is 1. The molecule has 1 aromatic heterocycles. The normalized spacial score (nSPS) is 21.0. The van der Waals surface area contributed by atoms with E-state index in [4.69, 9.17) is 0 Å². The van der Waals surface area contributed by atoms with Gasteiger partial charge < -0.3 is 10.2 Å². The minimum atomic E-state index is 0. The number of thiazole rings is 1. The Morgan fingerprint density at radius 2 is 2.35 bits per heavy atom. The molecule has 1 fully saturated rings. The van der Waals surface area contributed by atoms with Crippen LogP contribution in [0.4, 0.5) is 5.13 Å². The number of aromatic nitrogens is 1. The second-order valence-corrected chi connectivity index (χ2v) is 5.69. The average Bonchev–Trinajstić information content (AvgIpc) is 2.66. The van der Waals surface area contributed by atoms with Crippen LogP contribution in [0.2, 0.25) is 0 Å². The van der Waals surface area contributed by atoms with Crippen molar-refractivity contribution >= 4 is 28.9 Å². The molecular formula is C11H21ClN4S. The summed E-state index contributed by atoms with van der Waals surface area (Å²) in [7, 11) is 4.07. The van der Waals surface area contributed by atoms with Gasteiger partial charge >= 0.3 is 0 Å². The van der Waals surface area contributed by atoms with Gasteiger partial charge in [0.05, 0.1) is 0 Å². The van der Waals surface area contributed by atoms with Crippen molar-refractivity contribution in [2.24, 2.45) is 0 Å². The molecule has 0 aliphatic carbocycles. The Balaban J connectivity index is 0.00000144. The third-order valence-electron chi connectivity index (χ3n) is 2.76. The molecule has 2 heterocycles. The van der Waals surface area contributed by atoms with Gasteiger partial charge in [-0.25, -0.2) is 4.98 Å². The molecule has 2 rings (SSSR count). The van der Waals surface area contributed by atoms with E-state index < -0.39 is 0 Å². The van der Waals surface area contributed by atoms with E-state index in [2.05, 4.69) is 27.0 Å². The number of hydrogen-bond acceptors (Lipinski definition) is 5. The SMILES string of the molecule is C[C@@H]1CN(Cc2cnc(N(C)C)s2)CCN1.Cl. The van der Waals surface area contributed by atoms with Crippen molar-refractivity contribution in [3.8, 4) is 0 Å². The lowest BCUT2D eigenvalue weighted by Gasteiger charge is -2.31. The summed E-state index contributed by atoms with van der Waals surface area (Å²) in [4.78, 5) is 10.3. The molecule has 0 bridgehead atoms. The molecule has 1 atom stereocenters. The van der Waals surface area contributed by atoms with Crippen molar-refractivity contribution in [1.82, 2.24) is 15.2 Å². The summed E-state index contributed by atoms with van der Waals surface area (Å²) in [5.41, 5.74) is 0. The molecule has 0 unspecified atom stereocenters. The Hall–Kier alpha value is -0.360. The molecule has 0 radical (unpaired) electrons. The Kier molecular flexibility index (Phi) is 5.66. The summed E-state index contributed by atoms with van der Waals surface area (Å²) < 4.78 is 0. The molecule has 1 N–H and O–H groups in total. The highest BCUT2D eigenvalue weighted by Crippen LogP contribution is 2.21. The summed E-state index contributed by atoms with van der Waals surface area (Å²) >= 11 is 1.79. The Morgan fingerprint density at radius 3 is 2.94 bits per heavy atom. The highest BCUT2D eigenvalue weighted by molar-refractivity contribution is 7.15. The van der Waals surface area contributed by atoms with Crippen LogP contribution in [-0.2, 0) is 6.54 Å². The molecule has 4 nitrogen and oxygen atoms in total. The van der Waals surface area contributed by atoms with E-state index >= 15 is 0 Å². The largest absolute Gasteiger partial charge is 0.354 e. The van der Waals surface area contributed by atoms with Crippen LogP contribution < -0.4 is 10.2 Å². The van der Waals surface area contributed by atoms with Crippen molar-refractivity contribution in [3.05, 3.63) is 11.1 Å². The average molecular weight is 277 g/mol. The first kappa shape index (κ1) is 14.7. The summed E-state index contributed by atoms with van der Waals surface area (Å²) in [5, 5.41) is 4.55. The first-order chi connectivity index (χ1) is 7.65. The van der Waals surface area contributed by atoms with Crippen molar-refractivity contribution in [2.45, 2.75) is 19.5 Å². The first-order valence-electron chi connectivity index (χ1n) is 5.73. The second kappa shape index (κ2) is 6.54. The molecule has 98 valence electrons. The molecular weight excluding hydrogens is 256 g/mol. The van der Waals surface area contributed by atoms with E-state index in [9.17, 15) is 0 Å². The van der Waals surface area contributed by atoms with E-state index in [1.54, 1.807) is 11.3 Å².